The van der Waals surface area contributed by atoms with Gasteiger partial charge in [0.1, 0.15) is 8.07 Å². The van der Waals surface area contributed by atoms with Crippen molar-refractivity contribution < 1.29 is 0 Å². The maximum absolute atomic E-state index is 2.50. The molecule has 0 spiro atoms. The Morgan fingerprint density at radius 1 is 0.481 bits per heavy atom. The van der Waals surface area contributed by atoms with E-state index in [1.165, 1.54) is 43.4 Å². The van der Waals surface area contributed by atoms with Crippen LogP contribution in [0.3, 0.4) is 0 Å². The fourth-order valence-electron chi connectivity index (χ4n) is 5.08. The van der Waals surface area contributed by atoms with E-state index in [0.717, 1.165) is 0 Å². The largest absolute Gasteiger partial charge is 0.113 e. The van der Waals surface area contributed by atoms with Gasteiger partial charge in [-0.05, 0) is 53.8 Å². The summed E-state index contributed by atoms with van der Waals surface area (Å²) in [4.78, 5) is 0. The maximum Gasteiger partial charge on any atom is 0.113 e. The van der Waals surface area contributed by atoms with Crippen LogP contribution in [-0.2, 0) is 0 Å². The molecule has 5 aromatic carbocycles. The first-order valence-electron chi connectivity index (χ1n) is 9.64. The van der Waals surface area contributed by atoms with Crippen LogP contribution in [0.2, 0.25) is 13.1 Å². The maximum atomic E-state index is 2.50. The highest BCUT2D eigenvalue weighted by molar-refractivity contribution is 7.04. The Morgan fingerprint density at radius 2 is 1.00 bits per heavy atom. The molecule has 1 aliphatic rings. The van der Waals surface area contributed by atoms with Crippen LogP contribution in [0.25, 0.3) is 43.4 Å². The van der Waals surface area contributed by atoms with Gasteiger partial charge in [-0.3, -0.25) is 0 Å². The molecule has 0 aliphatic carbocycles. The minimum atomic E-state index is -1.70. The van der Waals surface area contributed by atoms with Gasteiger partial charge in [-0.15, -0.1) is 0 Å². The Labute approximate surface area is 160 Å². The minimum Gasteiger partial charge on any atom is -0.0616 e. The van der Waals surface area contributed by atoms with Gasteiger partial charge in [0.05, 0.1) is 0 Å². The van der Waals surface area contributed by atoms with Gasteiger partial charge in [0.25, 0.3) is 0 Å². The van der Waals surface area contributed by atoms with Crippen LogP contribution in [0.1, 0.15) is 0 Å². The highest BCUT2D eigenvalue weighted by atomic mass is 28.3. The second-order valence-electron chi connectivity index (χ2n) is 8.21. The Morgan fingerprint density at radius 3 is 1.78 bits per heavy atom. The molecule has 0 aromatic heterocycles. The molecule has 0 saturated heterocycles. The van der Waals surface area contributed by atoms with E-state index in [0.29, 0.717) is 0 Å². The van der Waals surface area contributed by atoms with Crippen LogP contribution >= 0.6 is 0 Å². The van der Waals surface area contributed by atoms with E-state index in [4.69, 9.17) is 0 Å². The van der Waals surface area contributed by atoms with E-state index < -0.39 is 8.07 Å². The number of rotatable bonds is 0. The molecule has 0 unspecified atom stereocenters. The molecular weight excluding hydrogens is 340 g/mol. The lowest BCUT2D eigenvalue weighted by Crippen LogP contribution is -2.49. The standard InChI is InChI=1S/C26H20Si/c1-27(2)22-15-13-18-8-4-6-10-21(18)25(22)26-23(27)16-14-19-12-11-17-7-3-5-9-20(17)24(19)26/h3-16H,1-2H3. The first-order chi connectivity index (χ1) is 13.2. The summed E-state index contributed by atoms with van der Waals surface area (Å²) in [6, 6.07) is 31.7. The third-order valence-corrected chi connectivity index (χ3v) is 9.96. The fourth-order valence-corrected chi connectivity index (χ4v) is 8.13. The minimum absolute atomic E-state index is 1.33. The van der Waals surface area contributed by atoms with Crippen molar-refractivity contribution in [2.75, 3.05) is 0 Å². The van der Waals surface area contributed by atoms with Gasteiger partial charge in [-0.2, -0.15) is 0 Å². The van der Waals surface area contributed by atoms with Crippen LogP contribution in [0.5, 0.6) is 0 Å². The zero-order valence-electron chi connectivity index (χ0n) is 15.6. The van der Waals surface area contributed by atoms with Gasteiger partial charge < -0.3 is 0 Å². The molecule has 0 saturated carbocycles. The van der Waals surface area contributed by atoms with Crippen molar-refractivity contribution in [2.45, 2.75) is 13.1 Å². The van der Waals surface area contributed by atoms with Gasteiger partial charge in [0.15, 0.2) is 0 Å². The van der Waals surface area contributed by atoms with E-state index in [2.05, 4.69) is 98.0 Å². The summed E-state index contributed by atoms with van der Waals surface area (Å²) < 4.78 is 0. The van der Waals surface area contributed by atoms with Gasteiger partial charge in [-0.25, -0.2) is 0 Å². The second kappa shape index (κ2) is 5.08. The Kier molecular flexibility index (Phi) is 2.86. The summed E-state index contributed by atoms with van der Waals surface area (Å²) in [5.41, 5.74) is 2.98. The number of benzene rings is 5. The van der Waals surface area contributed by atoms with Crippen LogP contribution in [0.4, 0.5) is 0 Å². The molecule has 1 aliphatic heterocycles. The SMILES string of the molecule is C[Si]1(C)c2ccc3ccccc3c2-c2c1ccc1ccc3ccccc3c21. The first kappa shape index (κ1) is 15.2. The van der Waals surface area contributed by atoms with Crippen LogP contribution in [-0.4, -0.2) is 8.07 Å². The van der Waals surface area contributed by atoms with E-state index in [9.17, 15) is 0 Å². The smallest absolute Gasteiger partial charge is 0.0616 e. The lowest BCUT2D eigenvalue weighted by molar-refractivity contribution is 1.76. The lowest BCUT2D eigenvalue weighted by atomic mass is 9.91. The number of hydrogen-bond donors (Lipinski definition) is 0. The zero-order valence-corrected chi connectivity index (χ0v) is 16.6. The average molecular weight is 361 g/mol. The van der Waals surface area contributed by atoms with Crippen molar-refractivity contribution in [1.82, 2.24) is 0 Å². The topological polar surface area (TPSA) is 0 Å². The van der Waals surface area contributed by atoms with E-state index in [1.807, 2.05) is 0 Å². The van der Waals surface area contributed by atoms with Crippen molar-refractivity contribution in [3.63, 3.8) is 0 Å². The predicted molar refractivity (Wildman–Crippen MR) is 121 cm³/mol. The van der Waals surface area contributed by atoms with Crippen LogP contribution in [0, 0.1) is 0 Å². The molecule has 27 heavy (non-hydrogen) atoms. The molecule has 0 atom stereocenters. The summed E-state index contributed by atoms with van der Waals surface area (Å²) in [5.74, 6) is 0. The molecule has 0 fully saturated rings. The fraction of sp³-hybridized carbons (Fsp3) is 0.0769. The van der Waals surface area contributed by atoms with Crippen LogP contribution in [0.15, 0.2) is 84.9 Å². The lowest BCUT2D eigenvalue weighted by Gasteiger charge is -2.19. The molecule has 0 nitrogen and oxygen atoms in total. The monoisotopic (exact) mass is 360 g/mol. The van der Waals surface area contributed by atoms with E-state index in [-0.39, 0.29) is 0 Å². The van der Waals surface area contributed by atoms with Gasteiger partial charge >= 0.3 is 0 Å². The van der Waals surface area contributed by atoms with E-state index >= 15 is 0 Å². The van der Waals surface area contributed by atoms with Gasteiger partial charge in [0.2, 0.25) is 0 Å². The third-order valence-electron chi connectivity index (χ3n) is 6.44. The van der Waals surface area contributed by atoms with E-state index in [1.54, 1.807) is 10.4 Å². The molecule has 5 aromatic rings. The molecule has 0 bridgehead atoms. The molecular formula is C26H20Si. The molecule has 1 heterocycles. The van der Waals surface area contributed by atoms with Gasteiger partial charge in [0, 0.05) is 0 Å². The molecule has 0 amide bonds. The molecule has 128 valence electrons. The van der Waals surface area contributed by atoms with Crippen molar-refractivity contribution >= 4 is 50.8 Å². The Bertz CT molecular complexity index is 1390. The zero-order chi connectivity index (χ0) is 18.2. The summed E-state index contributed by atoms with van der Waals surface area (Å²) in [5, 5.41) is 11.4. The highest BCUT2D eigenvalue weighted by Gasteiger charge is 2.39. The summed E-state index contributed by atoms with van der Waals surface area (Å²) >= 11 is 0. The average Bonchev–Trinajstić information content (AvgIpc) is 2.95. The quantitative estimate of drug-likeness (QED) is 0.236. The highest BCUT2D eigenvalue weighted by Crippen LogP contribution is 2.40. The normalized spacial score (nSPS) is 14.6. The molecule has 0 radical (unpaired) electrons. The van der Waals surface area contributed by atoms with Crippen molar-refractivity contribution in [3.8, 4) is 11.1 Å². The summed E-state index contributed by atoms with van der Waals surface area (Å²) in [6.45, 7) is 5.01. The first-order valence-corrected chi connectivity index (χ1v) is 12.6. The third kappa shape index (κ3) is 1.87. The Hall–Kier alpha value is -2.90. The molecule has 6 rings (SSSR count). The summed E-state index contributed by atoms with van der Waals surface area (Å²) in [6.07, 6.45) is 0. The van der Waals surface area contributed by atoms with Crippen molar-refractivity contribution in [1.29, 1.82) is 0 Å². The second-order valence-corrected chi connectivity index (χ2v) is 12.5. The van der Waals surface area contributed by atoms with Gasteiger partial charge in [-0.1, -0.05) is 98.0 Å². The summed E-state index contributed by atoms with van der Waals surface area (Å²) in [7, 11) is -1.70. The van der Waals surface area contributed by atoms with Crippen molar-refractivity contribution in [2.24, 2.45) is 0 Å². The predicted octanol–water partition coefficient (Wildman–Crippen LogP) is 5.95. The van der Waals surface area contributed by atoms with Crippen molar-refractivity contribution in [3.05, 3.63) is 84.9 Å². The number of hydrogen-bond acceptors (Lipinski definition) is 0. The Balaban J connectivity index is 1.92. The molecule has 1 heteroatoms. The van der Waals surface area contributed by atoms with Crippen LogP contribution < -0.4 is 10.4 Å². The molecule has 0 N–H and O–H groups in total. The number of fused-ring (bicyclic) bond motifs is 9.